The summed E-state index contributed by atoms with van der Waals surface area (Å²) in [7, 11) is 3.82. The first-order valence-electron chi connectivity index (χ1n) is 7.84. The molecule has 0 saturated carbocycles. The van der Waals surface area contributed by atoms with E-state index in [0.717, 1.165) is 17.1 Å². The molecular formula is C16H21N5O2S. The molecule has 0 bridgehead atoms. The minimum absolute atomic E-state index is 0.0445. The Morgan fingerprint density at radius 2 is 2.29 bits per heavy atom. The van der Waals surface area contributed by atoms with Crippen molar-refractivity contribution in [2.45, 2.75) is 19.1 Å². The molecule has 8 heteroatoms. The predicted octanol–water partition coefficient (Wildman–Crippen LogP) is 1.97. The summed E-state index contributed by atoms with van der Waals surface area (Å²) in [6, 6.07) is 7.61. The van der Waals surface area contributed by atoms with Gasteiger partial charge in [-0.2, -0.15) is 0 Å². The van der Waals surface area contributed by atoms with Crippen molar-refractivity contribution < 1.29 is 9.53 Å². The SMILES string of the molecule is CN(C)c1ccc(O[C@H]2CCN(C(=O)NCc3cccs3)C2)nn1. The van der Waals surface area contributed by atoms with E-state index in [0.29, 0.717) is 25.5 Å². The molecule has 0 aromatic carbocycles. The minimum Gasteiger partial charge on any atom is -0.471 e. The van der Waals surface area contributed by atoms with E-state index >= 15 is 0 Å². The Kier molecular flexibility index (Phi) is 5.14. The Morgan fingerprint density at radius 1 is 1.42 bits per heavy atom. The average Bonchev–Trinajstić information content (AvgIpc) is 3.25. The Balaban J connectivity index is 1.47. The van der Waals surface area contributed by atoms with Gasteiger partial charge in [-0.15, -0.1) is 21.5 Å². The molecule has 7 nitrogen and oxygen atoms in total. The monoisotopic (exact) mass is 347 g/mol. The summed E-state index contributed by atoms with van der Waals surface area (Å²) in [5, 5.41) is 13.1. The number of carbonyl (C=O) groups excluding carboxylic acids is 1. The lowest BCUT2D eigenvalue weighted by Gasteiger charge is -2.17. The topological polar surface area (TPSA) is 70.6 Å². The van der Waals surface area contributed by atoms with Gasteiger partial charge in [0.1, 0.15) is 6.10 Å². The van der Waals surface area contributed by atoms with Crippen molar-refractivity contribution in [3.63, 3.8) is 0 Å². The van der Waals surface area contributed by atoms with Crippen molar-refractivity contribution in [3.05, 3.63) is 34.5 Å². The van der Waals surface area contributed by atoms with E-state index in [-0.39, 0.29) is 12.1 Å². The molecule has 3 heterocycles. The number of thiophene rings is 1. The van der Waals surface area contributed by atoms with Gasteiger partial charge in [0.2, 0.25) is 5.88 Å². The van der Waals surface area contributed by atoms with E-state index in [2.05, 4.69) is 15.5 Å². The number of amides is 2. The van der Waals surface area contributed by atoms with Gasteiger partial charge >= 0.3 is 6.03 Å². The zero-order valence-corrected chi connectivity index (χ0v) is 14.6. The molecule has 0 aliphatic carbocycles. The van der Waals surface area contributed by atoms with Crippen LogP contribution < -0.4 is 15.0 Å². The van der Waals surface area contributed by atoms with Crippen molar-refractivity contribution in [2.24, 2.45) is 0 Å². The number of nitrogens with zero attached hydrogens (tertiary/aromatic N) is 4. The number of nitrogens with one attached hydrogen (secondary N) is 1. The van der Waals surface area contributed by atoms with Crippen LogP contribution in [-0.2, 0) is 6.54 Å². The first-order valence-corrected chi connectivity index (χ1v) is 8.72. The molecule has 128 valence electrons. The molecule has 1 aliphatic rings. The lowest BCUT2D eigenvalue weighted by molar-refractivity contribution is 0.182. The smallest absolute Gasteiger partial charge is 0.317 e. The van der Waals surface area contributed by atoms with Gasteiger partial charge in [0.25, 0.3) is 0 Å². The summed E-state index contributed by atoms with van der Waals surface area (Å²) in [5.74, 6) is 1.27. The van der Waals surface area contributed by atoms with E-state index in [1.807, 2.05) is 48.6 Å². The van der Waals surface area contributed by atoms with Gasteiger partial charge in [-0.3, -0.25) is 0 Å². The lowest BCUT2D eigenvalue weighted by Crippen LogP contribution is -2.38. The highest BCUT2D eigenvalue weighted by atomic mass is 32.1. The number of ether oxygens (including phenoxy) is 1. The van der Waals surface area contributed by atoms with Crippen molar-refractivity contribution in [1.29, 1.82) is 0 Å². The van der Waals surface area contributed by atoms with Crippen LogP contribution in [0.4, 0.5) is 10.6 Å². The zero-order chi connectivity index (χ0) is 16.9. The van der Waals surface area contributed by atoms with Crippen LogP contribution in [0.25, 0.3) is 0 Å². The first kappa shape index (κ1) is 16.5. The number of rotatable bonds is 5. The second-order valence-corrected chi connectivity index (χ2v) is 6.87. The quantitative estimate of drug-likeness (QED) is 0.895. The molecule has 0 unspecified atom stereocenters. The molecule has 0 radical (unpaired) electrons. The second kappa shape index (κ2) is 7.48. The van der Waals surface area contributed by atoms with Gasteiger partial charge < -0.3 is 19.9 Å². The lowest BCUT2D eigenvalue weighted by atomic mass is 10.3. The van der Waals surface area contributed by atoms with E-state index in [4.69, 9.17) is 4.74 Å². The van der Waals surface area contributed by atoms with Crippen molar-refractivity contribution in [3.8, 4) is 5.88 Å². The Labute approximate surface area is 145 Å². The summed E-state index contributed by atoms with van der Waals surface area (Å²) in [6.07, 6.45) is 0.751. The normalized spacial score (nSPS) is 16.9. The molecule has 1 saturated heterocycles. The largest absolute Gasteiger partial charge is 0.471 e. The number of anilines is 1. The van der Waals surface area contributed by atoms with Gasteiger partial charge in [-0.1, -0.05) is 6.07 Å². The number of urea groups is 1. The van der Waals surface area contributed by atoms with E-state index < -0.39 is 0 Å². The molecule has 1 aliphatic heterocycles. The average molecular weight is 347 g/mol. The Bertz CT molecular complexity index is 660. The van der Waals surface area contributed by atoms with Crippen molar-refractivity contribution in [1.82, 2.24) is 20.4 Å². The fourth-order valence-electron chi connectivity index (χ4n) is 2.48. The number of carbonyl (C=O) groups is 1. The van der Waals surface area contributed by atoms with Crippen LogP contribution >= 0.6 is 11.3 Å². The summed E-state index contributed by atoms with van der Waals surface area (Å²) in [6.45, 7) is 1.81. The van der Waals surface area contributed by atoms with Crippen LogP contribution in [-0.4, -0.2) is 54.4 Å². The fourth-order valence-corrected chi connectivity index (χ4v) is 3.13. The molecule has 2 amide bonds. The van der Waals surface area contributed by atoms with Gasteiger partial charge in [0.05, 0.1) is 13.1 Å². The van der Waals surface area contributed by atoms with Gasteiger partial charge in [-0.05, 0) is 17.5 Å². The van der Waals surface area contributed by atoms with E-state index in [1.54, 1.807) is 16.2 Å². The Hall–Kier alpha value is -2.35. The summed E-state index contributed by atoms with van der Waals surface area (Å²) >= 11 is 1.64. The standard InChI is InChI=1S/C16H21N5O2S/c1-20(2)14-5-6-15(19-18-14)23-12-7-8-21(11-12)16(22)17-10-13-4-3-9-24-13/h3-6,9,12H,7-8,10-11H2,1-2H3,(H,17,22)/t12-/m0/s1. The third-order valence-corrected chi connectivity index (χ3v) is 4.67. The van der Waals surface area contributed by atoms with E-state index in [9.17, 15) is 4.79 Å². The maximum absolute atomic E-state index is 12.2. The highest BCUT2D eigenvalue weighted by Gasteiger charge is 2.27. The molecule has 24 heavy (non-hydrogen) atoms. The number of aromatic nitrogens is 2. The molecule has 0 spiro atoms. The number of hydrogen-bond acceptors (Lipinski definition) is 6. The van der Waals surface area contributed by atoms with E-state index in [1.165, 1.54) is 0 Å². The van der Waals surface area contributed by atoms with Crippen LogP contribution in [0.5, 0.6) is 5.88 Å². The molecule has 1 N–H and O–H groups in total. The predicted molar refractivity (Wildman–Crippen MR) is 93.5 cm³/mol. The third-order valence-electron chi connectivity index (χ3n) is 3.80. The molecule has 2 aromatic rings. The summed E-state index contributed by atoms with van der Waals surface area (Å²) in [4.78, 5) is 17.0. The van der Waals surface area contributed by atoms with Crippen LogP contribution in [0, 0.1) is 0 Å². The molecule has 2 aromatic heterocycles. The van der Waals surface area contributed by atoms with Crippen LogP contribution in [0.2, 0.25) is 0 Å². The first-order chi connectivity index (χ1) is 11.6. The third kappa shape index (κ3) is 4.14. The summed E-state index contributed by atoms with van der Waals surface area (Å²) < 4.78 is 5.83. The Morgan fingerprint density at radius 3 is 2.96 bits per heavy atom. The second-order valence-electron chi connectivity index (χ2n) is 5.84. The molecule has 3 rings (SSSR count). The minimum atomic E-state index is -0.0523. The highest BCUT2D eigenvalue weighted by Crippen LogP contribution is 2.18. The van der Waals surface area contributed by atoms with Crippen LogP contribution in [0.15, 0.2) is 29.6 Å². The number of hydrogen-bond donors (Lipinski definition) is 1. The van der Waals surface area contributed by atoms with Crippen molar-refractivity contribution in [2.75, 3.05) is 32.1 Å². The summed E-state index contributed by atoms with van der Waals surface area (Å²) in [5.41, 5.74) is 0. The maximum atomic E-state index is 12.2. The molecule has 1 fully saturated rings. The maximum Gasteiger partial charge on any atom is 0.317 e. The van der Waals surface area contributed by atoms with Crippen LogP contribution in [0.3, 0.4) is 0 Å². The van der Waals surface area contributed by atoms with Gasteiger partial charge in [-0.25, -0.2) is 4.79 Å². The van der Waals surface area contributed by atoms with Crippen molar-refractivity contribution >= 4 is 23.2 Å². The highest BCUT2D eigenvalue weighted by molar-refractivity contribution is 7.09. The van der Waals surface area contributed by atoms with Gasteiger partial charge in [0, 0.05) is 38.0 Å². The molecular weight excluding hydrogens is 326 g/mol. The number of likely N-dealkylation sites (tertiary alicyclic amines) is 1. The van der Waals surface area contributed by atoms with Gasteiger partial charge in [0.15, 0.2) is 5.82 Å². The fraction of sp³-hybridized carbons (Fsp3) is 0.438. The molecule has 1 atom stereocenters. The van der Waals surface area contributed by atoms with Crippen LogP contribution in [0.1, 0.15) is 11.3 Å². The zero-order valence-electron chi connectivity index (χ0n) is 13.8.